The summed E-state index contributed by atoms with van der Waals surface area (Å²) in [7, 11) is 3.36. The molecule has 0 saturated carbocycles. The zero-order valence-electron chi connectivity index (χ0n) is 12.3. The van der Waals surface area contributed by atoms with Crippen LogP contribution in [-0.4, -0.2) is 44.5 Å². The highest BCUT2D eigenvalue weighted by atomic mass is 16.5. The van der Waals surface area contributed by atoms with Crippen LogP contribution >= 0.6 is 0 Å². The van der Waals surface area contributed by atoms with Crippen LogP contribution in [0.5, 0.6) is 0 Å². The number of nitrogens with zero attached hydrogens (tertiary/aromatic N) is 1. The maximum absolute atomic E-state index is 5.33. The van der Waals surface area contributed by atoms with Gasteiger partial charge in [-0.05, 0) is 11.6 Å². The number of nitrogens with one attached hydrogen (secondary N) is 2. The van der Waals surface area contributed by atoms with Crippen LogP contribution in [-0.2, 0) is 16.0 Å². The smallest absolute Gasteiger partial charge is 0.0976 e. The van der Waals surface area contributed by atoms with Crippen LogP contribution < -0.4 is 10.6 Å². The van der Waals surface area contributed by atoms with E-state index in [-0.39, 0.29) is 6.10 Å². The van der Waals surface area contributed by atoms with Crippen LogP contribution in [0.2, 0.25) is 0 Å². The topological polar surface area (TPSA) is 55.4 Å². The van der Waals surface area contributed by atoms with Crippen LogP contribution in [0.3, 0.4) is 0 Å². The fourth-order valence-corrected chi connectivity index (χ4v) is 1.67. The van der Waals surface area contributed by atoms with Gasteiger partial charge >= 0.3 is 0 Å². The molecule has 19 heavy (non-hydrogen) atoms. The molecule has 0 fully saturated rings. The zero-order chi connectivity index (χ0) is 14.1. The van der Waals surface area contributed by atoms with Gasteiger partial charge in [0.05, 0.1) is 24.6 Å². The molecule has 1 atom stereocenters. The van der Waals surface area contributed by atoms with Crippen molar-refractivity contribution in [1.82, 2.24) is 10.3 Å². The summed E-state index contributed by atoms with van der Waals surface area (Å²) in [4.78, 5) is 4.16. The van der Waals surface area contributed by atoms with E-state index < -0.39 is 0 Å². The standard InChI is InChI=1S/C14H25N3O2/c1-11(2)16-7-12-5-6-15-9-14(12)17-8-13(19-4)10-18-3/h5-6,9,11,13,16-17H,7-8,10H2,1-4H3. The van der Waals surface area contributed by atoms with Crippen molar-refractivity contribution in [2.45, 2.75) is 32.5 Å². The van der Waals surface area contributed by atoms with Gasteiger partial charge in [0.15, 0.2) is 0 Å². The fourth-order valence-electron chi connectivity index (χ4n) is 1.67. The number of ether oxygens (including phenoxy) is 2. The van der Waals surface area contributed by atoms with Crippen LogP contribution in [0.1, 0.15) is 19.4 Å². The first-order valence-electron chi connectivity index (χ1n) is 6.59. The normalized spacial score (nSPS) is 12.7. The Bertz CT molecular complexity index is 358. The van der Waals surface area contributed by atoms with Crippen molar-refractivity contribution in [3.63, 3.8) is 0 Å². The lowest BCUT2D eigenvalue weighted by atomic mass is 10.2. The number of aromatic nitrogens is 1. The monoisotopic (exact) mass is 267 g/mol. The van der Waals surface area contributed by atoms with Gasteiger partial charge in [0, 0.05) is 39.5 Å². The lowest BCUT2D eigenvalue weighted by Gasteiger charge is -2.18. The minimum absolute atomic E-state index is 0.0381. The summed E-state index contributed by atoms with van der Waals surface area (Å²) < 4.78 is 10.4. The third kappa shape index (κ3) is 6.00. The highest BCUT2D eigenvalue weighted by molar-refractivity contribution is 5.48. The molecule has 0 saturated heterocycles. The van der Waals surface area contributed by atoms with Gasteiger partial charge in [-0.1, -0.05) is 13.8 Å². The molecule has 0 aliphatic rings. The van der Waals surface area contributed by atoms with Gasteiger partial charge in [0.1, 0.15) is 0 Å². The molecule has 1 unspecified atom stereocenters. The molecule has 0 amide bonds. The molecule has 108 valence electrons. The van der Waals surface area contributed by atoms with Gasteiger partial charge < -0.3 is 20.1 Å². The van der Waals surface area contributed by atoms with Crippen molar-refractivity contribution >= 4 is 5.69 Å². The molecule has 1 rings (SSSR count). The Labute approximate surface area is 115 Å². The summed E-state index contributed by atoms with van der Waals surface area (Å²) in [6, 6.07) is 2.48. The Morgan fingerprint density at radius 2 is 2.11 bits per heavy atom. The van der Waals surface area contributed by atoms with E-state index in [9.17, 15) is 0 Å². The van der Waals surface area contributed by atoms with E-state index in [2.05, 4.69) is 29.5 Å². The molecule has 1 aromatic rings. The van der Waals surface area contributed by atoms with Crippen molar-refractivity contribution in [3.8, 4) is 0 Å². The molecule has 0 bridgehead atoms. The van der Waals surface area contributed by atoms with E-state index in [1.807, 2.05) is 18.5 Å². The van der Waals surface area contributed by atoms with E-state index in [1.54, 1.807) is 14.2 Å². The second-order valence-electron chi connectivity index (χ2n) is 4.76. The highest BCUT2D eigenvalue weighted by Crippen LogP contribution is 2.13. The number of rotatable bonds is 9. The lowest BCUT2D eigenvalue weighted by Crippen LogP contribution is -2.27. The lowest BCUT2D eigenvalue weighted by molar-refractivity contribution is 0.0365. The predicted octanol–water partition coefficient (Wildman–Crippen LogP) is 1.65. The summed E-state index contributed by atoms with van der Waals surface area (Å²) in [5.74, 6) is 0. The van der Waals surface area contributed by atoms with E-state index in [0.29, 0.717) is 19.2 Å². The van der Waals surface area contributed by atoms with Gasteiger partial charge in [-0.25, -0.2) is 0 Å². The van der Waals surface area contributed by atoms with Gasteiger partial charge in [-0.2, -0.15) is 0 Å². The maximum Gasteiger partial charge on any atom is 0.0976 e. The quantitative estimate of drug-likeness (QED) is 0.712. The molecular formula is C14H25N3O2. The number of anilines is 1. The van der Waals surface area contributed by atoms with Crippen LogP contribution in [0.4, 0.5) is 5.69 Å². The van der Waals surface area contributed by atoms with Crippen LogP contribution in [0, 0.1) is 0 Å². The van der Waals surface area contributed by atoms with Gasteiger partial charge in [-0.3, -0.25) is 4.98 Å². The molecule has 0 aliphatic carbocycles. The van der Waals surface area contributed by atoms with E-state index in [4.69, 9.17) is 9.47 Å². The molecule has 0 aliphatic heterocycles. The molecular weight excluding hydrogens is 242 g/mol. The van der Waals surface area contributed by atoms with Crippen molar-refractivity contribution in [2.24, 2.45) is 0 Å². The van der Waals surface area contributed by atoms with Gasteiger partial charge in [-0.15, -0.1) is 0 Å². The van der Waals surface area contributed by atoms with Crippen molar-refractivity contribution in [3.05, 3.63) is 24.0 Å². The SMILES string of the molecule is COCC(CNc1cnccc1CNC(C)C)OC. The average molecular weight is 267 g/mol. The summed E-state index contributed by atoms with van der Waals surface area (Å²) in [6.07, 6.45) is 3.69. The maximum atomic E-state index is 5.33. The minimum Gasteiger partial charge on any atom is -0.382 e. The number of hydrogen-bond acceptors (Lipinski definition) is 5. The Morgan fingerprint density at radius 1 is 1.32 bits per heavy atom. The molecule has 2 N–H and O–H groups in total. The predicted molar refractivity (Wildman–Crippen MR) is 77.4 cm³/mol. The van der Waals surface area contributed by atoms with Crippen molar-refractivity contribution in [2.75, 3.05) is 32.7 Å². The van der Waals surface area contributed by atoms with E-state index in [0.717, 1.165) is 12.2 Å². The number of hydrogen-bond donors (Lipinski definition) is 2. The minimum atomic E-state index is 0.0381. The Kier molecular flexibility index (Phi) is 7.40. The van der Waals surface area contributed by atoms with Crippen molar-refractivity contribution < 1.29 is 9.47 Å². The van der Waals surface area contributed by atoms with E-state index in [1.165, 1.54) is 5.56 Å². The molecule has 5 nitrogen and oxygen atoms in total. The average Bonchev–Trinajstić information content (AvgIpc) is 2.42. The molecule has 1 heterocycles. The van der Waals surface area contributed by atoms with Crippen LogP contribution in [0.15, 0.2) is 18.5 Å². The second kappa shape index (κ2) is 8.85. The van der Waals surface area contributed by atoms with E-state index >= 15 is 0 Å². The molecule has 0 aromatic carbocycles. The fraction of sp³-hybridized carbons (Fsp3) is 0.643. The Hall–Kier alpha value is -1.17. The van der Waals surface area contributed by atoms with Crippen molar-refractivity contribution in [1.29, 1.82) is 0 Å². The first kappa shape index (κ1) is 15.9. The molecule has 5 heteroatoms. The van der Waals surface area contributed by atoms with Crippen LogP contribution in [0.25, 0.3) is 0 Å². The van der Waals surface area contributed by atoms with Gasteiger partial charge in [0.25, 0.3) is 0 Å². The molecule has 0 radical (unpaired) electrons. The first-order valence-corrected chi connectivity index (χ1v) is 6.59. The Morgan fingerprint density at radius 3 is 2.74 bits per heavy atom. The summed E-state index contributed by atoms with van der Waals surface area (Å²) in [6.45, 7) is 6.36. The Balaban J connectivity index is 2.56. The third-order valence-electron chi connectivity index (χ3n) is 2.82. The number of pyridine rings is 1. The van der Waals surface area contributed by atoms with Gasteiger partial charge in [0.2, 0.25) is 0 Å². The highest BCUT2D eigenvalue weighted by Gasteiger charge is 2.08. The summed E-state index contributed by atoms with van der Waals surface area (Å²) >= 11 is 0. The molecule has 1 aromatic heterocycles. The summed E-state index contributed by atoms with van der Waals surface area (Å²) in [5.41, 5.74) is 2.24. The number of methoxy groups -OCH3 is 2. The first-order chi connectivity index (χ1) is 9.17. The third-order valence-corrected chi connectivity index (χ3v) is 2.82. The molecule has 0 spiro atoms. The second-order valence-corrected chi connectivity index (χ2v) is 4.76. The largest absolute Gasteiger partial charge is 0.382 e. The summed E-state index contributed by atoms with van der Waals surface area (Å²) in [5, 5.41) is 6.77. The zero-order valence-corrected chi connectivity index (χ0v) is 12.3.